The fourth-order valence-corrected chi connectivity index (χ4v) is 4.08. The third-order valence-corrected chi connectivity index (χ3v) is 5.92. The molecule has 1 aromatic carbocycles. The predicted molar refractivity (Wildman–Crippen MR) is 132 cm³/mol. The van der Waals surface area contributed by atoms with Crippen molar-refractivity contribution < 1.29 is 37.0 Å². The normalized spacial score (nSPS) is 14.8. The van der Waals surface area contributed by atoms with E-state index in [9.17, 15) is 27.6 Å². The Morgan fingerprint density at radius 1 is 1.00 bits per heavy atom. The zero-order valence-corrected chi connectivity index (χ0v) is 22.6. The standard InChI is InChI=1S/C26H33F3N4O5/c1-25(2,3)20(23(35)37-7)31-22(34)19-18-13-32(24(36)38-26(4,5)6)9-8-10-33(18)21(30-19)14-11-16(28)17(29)12-15(14)27/h11-12,20H,8-10,13H2,1-7H3,(H,31,34)/t20-/m1/s1. The number of amides is 2. The van der Waals surface area contributed by atoms with Crippen LogP contribution in [0, 0.1) is 22.9 Å². The average Bonchev–Trinajstić information content (AvgIpc) is 2.99. The number of methoxy groups -OCH3 is 1. The van der Waals surface area contributed by atoms with E-state index in [2.05, 4.69) is 10.3 Å². The minimum Gasteiger partial charge on any atom is -0.467 e. The molecule has 2 aromatic rings. The van der Waals surface area contributed by atoms with E-state index in [1.54, 1.807) is 41.5 Å². The van der Waals surface area contributed by atoms with E-state index in [1.807, 2.05) is 0 Å². The first kappa shape index (κ1) is 29.0. The van der Waals surface area contributed by atoms with Crippen LogP contribution in [-0.2, 0) is 27.4 Å². The van der Waals surface area contributed by atoms with Crippen molar-refractivity contribution in [2.75, 3.05) is 13.7 Å². The number of fused-ring (bicyclic) bond motifs is 1. The molecule has 2 heterocycles. The lowest BCUT2D eigenvalue weighted by molar-refractivity contribution is -0.145. The van der Waals surface area contributed by atoms with E-state index in [0.29, 0.717) is 18.6 Å². The Balaban J connectivity index is 2.14. The van der Waals surface area contributed by atoms with Crippen molar-refractivity contribution in [3.05, 3.63) is 41.0 Å². The number of esters is 1. The minimum absolute atomic E-state index is 0.113. The number of hydrogen-bond donors (Lipinski definition) is 1. The second-order valence-corrected chi connectivity index (χ2v) is 11.2. The first-order chi connectivity index (χ1) is 17.5. The Morgan fingerprint density at radius 3 is 2.21 bits per heavy atom. The number of imidazole rings is 1. The van der Waals surface area contributed by atoms with Crippen LogP contribution < -0.4 is 5.32 Å². The van der Waals surface area contributed by atoms with Gasteiger partial charge in [-0.2, -0.15) is 0 Å². The highest BCUT2D eigenvalue weighted by Gasteiger charge is 2.37. The van der Waals surface area contributed by atoms with Gasteiger partial charge in [0.15, 0.2) is 17.3 Å². The largest absolute Gasteiger partial charge is 0.467 e. The molecule has 1 atom stereocenters. The van der Waals surface area contributed by atoms with Crippen molar-refractivity contribution in [1.29, 1.82) is 0 Å². The summed E-state index contributed by atoms with van der Waals surface area (Å²) in [6.07, 6.45) is -0.240. The van der Waals surface area contributed by atoms with Gasteiger partial charge >= 0.3 is 12.1 Å². The molecule has 0 saturated heterocycles. The van der Waals surface area contributed by atoms with Gasteiger partial charge in [0, 0.05) is 19.2 Å². The average molecular weight is 539 g/mol. The van der Waals surface area contributed by atoms with Gasteiger partial charge in [-0.1, -0.05) is 20.8 Å². The summed E-state index contributed by atoms with van der Waals surface area (Å²) in [5, 5.41) is 2.62. The summed E-state index contributed by atoms with van der Waals surface area (Å²) in [5.74, 6) is -5.30. The van der Waals surface area contributed by atoms with Gasteiger partial charge in [-0.15, -0.1) is 0 Å². The maximum Gasteiger partial charge on any atom is 0.410 e. The Morgan fingerprint density at radius 2 is 1.63 bits per heavy atom. The van der Waals surface area contributed by atoms with Crippen LogP contribution in [0.25, 0.3) is 11.4 Å². The molecule has 9 nitrogen and oxygen atoms in total. The highest BCUT2D eigenvalue weighted by atomic mass is 19.2. The highest BCUT2D eigenvalue weighted by molar-refractivity contribution is 5.97. The molecule has 1 N–H and O–H groups in total. The van der Waals surface area contributed by atoms with Crippen LogP contribution >= 0.6 is 0 Å². The summed E-state index contributed by atoms with van der Waals surface area (Å²) in [6.45, 7) is 10.7. The topological polar surface area (TPSA) is 103 Å². The molecule has 1 aromatic heterocycles. The van der Waals surface area contributed by atoms with E-state index in [0.717, 1.165) is 0 Å². The number of nitrogens with one attached hydrogen (secondary N) is 1. The van der Waals surface area contributed by atoms with Crippen LogP contribution in [0.1, 0.15) is 64.1 Å². The van der Waals surface area contributed by atoms with Gasteiger partial charge in [-0.05, 0) is 38.7 Å². The molecular weight excluding hydrogens is 505 g/mol. The molecular formula is C26H33F3N4O5. The highest BCUT2D eigenvalue weighted by Crippen LogP contribution is 2.31. The van der Waals surface area contributed by atoms with Gasteiger partial charge < -0.3 is 24.3 Å². The van der Waals surface area contributed by atoms with E-state index < -0.39 is 52.5 Å². The summed E-state index contributed by atoms with van der Waals surface area (Å²) in [4.78, 5) is 44.5. The number of aromatic nitrogens is 2. The van der Waals surface area contributed by atoms with Gasteiger partial charge in [-0.25, -0.2) is 27.7 Å². The van der Waals surface area contributed by atoms with Crippen LogP contribution in [0.3, 0.4) is 0 Å². The molecule has 208 valence electrons. The van der Waals surface area contributed by atoms with Crippen molar-refractivity contribution in [1.82, 2.24) is 19.8 Å². The molecule has 0 unspecified atom stereocenters. The van der Waals surface area contributed by atoms with Crippen molar-refractivity contribution in [3.63, 3.8) is 0 Å². The summed E-state index contributed by atoms with van der Waals surface area (Å²) < 4.78 is 54.4. The van der Waals surface area contributed by atoms with Crippen molar-refractivity contribution >= 4 is 18.0 Å². The van der Waals surface area contributed by atoms with Gasteiger partial charge in [0.1, 0.15) is 23.3 Å². The van der Waals surface area contributed by atoms with Crippen LogP contribution in [0.15, 0.2) is 12.1 Å². The SMILES string of the molecule is COC(=O)[C@@H](NC(=O)c1nc(-c2cc(F)c(F)cc2F)n2c1CN(C(=O)OC(C)(C)C)CCC2)C(C)(C)C. The third kappa shape index (κ3) is 6.28. The molecule has 0 aliphatic carbocycles. The number of ether oxygens (including phenoxy) is 2. The van der Waals surface area contributed by atoms with E-state index in [1.165, 1.54) is 16.6 Å². The van der Waals surface area contributed by atoms with E-state index in [-0.39, 0.29) is 42.4 Å². The summed E-state index contributed by atoms with van der Waals surface area (Å²) in [6, 6.07) is 0.0154. The first-order valence-corrected chi connectivity index (χ1v) is 12.1. The van der Waals surface area contributed by atoms with E-state index in [4.69, 9.17) is 9.47 Å². The lowest BCUT2D eigenvalue weighted by Gasteiger charge is -2.29. The van der Waals surface area contributed by atoms with Crippen LogP contribution in [-0.4, -0.2) is 57.7 Å². The molecule has 0 spiro atoms. The Bertz CT molecular complexity index is 1250. The predicted octanol–water partition coefficient (Wildman–Crippen LogP) is 4.43. The van der Waals surface area contributed by atoms with Crippen LogP contribution in [0.5, 0.6) is 0 Å². The number of nitrogens with zero attached hydrogens (tertiary/aromatic N) is 3. The number of carbonyl (C=O) groups excluding carboxylic acids is 3. The van der Waals surface area contributed by atoms with Gasteiger partial charge in [0.25, 0.3) is 5.91 Å². The monoisotopic (exact) mass is 538 g/mol. The molecule has 1 aliphatic heterocycles. The second kappa shape index (κ2) is 10.7. The molecule has 0 fully saturated rings. The number of rotatable bonds is 4. The van der Waals surface area contributed by atoms with Crippen LogP contribution in [0.4, 0.5) is 18.0 Å². The molecule has 1 aliphatic rings. The zero-order valence-electron chi connectivity index (χ0n) is 22.6. The first-order valence-electron chi connectivity index (χ1n) is 12.1. The summed E-state index contributed by atoms with van der Waals surface area (Å²) >= 11 is 0. The summed E-state index contributed by atoms with van der Waals surface area (Å²) in [7, 11) is 1.19. The fourth-order valence-electron chi connectivity index (χ4n) is 4.08. The maximum atomic E-state index is 14.8. The Hall–Kier alpha value is -3.57. The lowest BCUT2D eigenvalue weighted by Crippen LogP contribution is -2.50. The van der Waals surface area contributed by atoms with Crippen molar-refractivity contribution in [2.24, 2.45) is 5.41 Å². The van der Waals surface area contributed by atoms with Gasteiger partial charge in [0.2, 0.25) is 0 Å². The van der Waals surface area contributed by atoms with Crippen molar-refractivity contribution in [3.8, 4) is 11.4 Å². The maximum absolute atomic E-state index is 14.8. The van der Waals surface area contributed by atoms with Gasteiger partial charge in [0.05, 0.1) is 24.9 Å². The van der Waals surface area contributed by atoms with Crippen molar-refractivity contribution in [2.45, 2.75) is 72.7 Å². The Kier molecular flexibility index (Phi) is 8.13. The number of halogens is 3. The number of benzene rings is 1. The smallest absolute Gasteiger partial charge is 0.410 e. The molecule has 2 amide bonds. The third-order valence-electron chi connectivity index (χ3n) is 5.92. The Labute approximate surface area is 219 Å². The van der Waals surface area contributed by atoms with Crippen LogP contribution in [0.2, 0.25) is 0 Å². The summed E-state index contributed by atoms with van der Waals surface area (Å²) in [5.41, 5.74) is -1.84. The van der Waals surface area contributed by atoms with Gasteiger partial charge in [-0.3, -0.25) is 4.79 Å². The lowest BCUT2D eigenvalue weighted by atomic mass is 9.86. The molecule has 3 rings (SSSR count). The molecule has 12 heteroatoms. The molecule has 0 radical (unpaired) electrons. The second-order valence-electron chi connectivity index (χ2n) is 11.2. The molecule has 0 saturated carbocycles. The molecule has 38 heavy (non-hydrogen) atoms. The number of hydrogen-bond acceptors (Lipinski definition) is 6. The zero-order chi connectivity index (χ0) is 28.6. The number of carbonyl (C=O) groups is 3. The quantitative estimate of drug-likeness (QED) is 0.457. The van der Waals surface area contributed by atoms with E-state index >= 15 is 0 Å². The fraction of sp³-hybridized carbons (Fsp3) is 0.538. The minimum atomic E-state index is -1.37. The molecule has 0 bridgehead atoms.